The third-order valence-corrected chi connectivity index (χ3v) is 3.64. The van der Waals surface area contributed by atoms with E-state index < -0.39 is 11.9 Å². The zero-order valence-electron chi connectivity index (χ0n) is 12.4. The molecule has 1 aromatic carbocycles. The predicted octanol–water partition coefficient (Wildman–Crippen LogP) is 2.81. The van der Waals surface area contributed by atoms with E-state index in [4.69, 9.17) is 4.74 Å². The molecule has 0 saturated carbocycles. The standard InChI is InChI=1S/C16H20FNO3/c1-11(19)14-10-13(17)6-7-15(14)21-12(2)16(20)18-8-4-3-5-9-18/h6-7,10,12H,3-5,8-9H2,1-2H3. The Morgan fingerprint density at radius 3 is 2.52 bits per heavy atom. The quantitative estimate of drug-likeness (QED) is 0.802. The Hall–Kier alpha value is -1.91. The van der Waals surface area contributed by atoms with E-state index in [9.17, 15) is 14.0 Å². The highest BCUT2D eigenvalue weighted by Gasteiger charge is 2.24. The van der Waals surface area contributed by atoms with Gasteiger partial charge in [0.1, 0.15) is 11.6 Å². The van der Waals surface area contributed by atoms with Crippen molar-refractivity contribution in [3.05, 3.63) is 29.6 Å². The Balaban J connectivity index is 2.10. The fourth-order valence-corrected chi connectivity index (χ4v) is 2.49. The van der Waals surface area contributed by atoms with E-state index in [1.165, 1.54) is 19.1 Å². The summed E-state index contributed by atoms with van der Waals surface area (Å²) in [6, 6.07) is 3.75. The summed E-state index contributed by atoms with van der Waals surface area (Å²) in [7, 11) is 0. The highest BCUT2D eigenvalue weighted by molar-refractivity contribution is 5.97. The molecular formula is C16H20FNO3. The first kappa shape index (κ1) is 15.5. The number of hydrogen-bond donors (Lipinski definition) is 0. The van der Waals surface area contributed by atoms with Crippen LogP contribution in [-0.2, 0) is 4.79 Å². The van der Waals surface area contributed by atoms with Crippen LogP contribution in [0.2, 0.25) is 0 Å². The van der Waals surface area contributed by atoms with Gasteiger partial charge in [0, 0.05) is 13.1 Å². The minimum Gasteiger partial charge on any atom is -0.480 e. The minimum atomic E-state index is -0.688. The molecule has 1 saturated heterocycles. The molecule has 0 bridgehead atoms. The maximum atomic E-state index is 13.2. The second kappa shape index (κ2) is 6.70. The number of amides is 1. The third-order valence-electron chi connectivity index (χ3n) is 3.64. The largest absolute Gasteiger partial charge is 0.480 e. The van der Waals surface area contributed by atoms with Crippen molar-refractivity contribution in [2.75, 3.05) is 13.1 Å². The van der Waals surface area contributed by atoms with Crippen LogP contribution in [0.4, 0.5) is 4.39 Å². The molecule has 1 heterocycles. The molecular weight excluding hydrogens is 273 g/mol. The smallest absolute Gasteiger partial charge is 0.263 e. The molecule has 1 aromatic rings. The fourth-order valence-electron chi connectivity index (χ4n) is 2.49. The van der Waals surface area contributed by atoms with Gasteiger partial charge in [0.15, 0.2) is 11.9 Å². The van der Waals surface area contributed by atoms with Crippen LogP contribution >= 0.6 is 0 Å². The zero-order chi connectivity index (χ0) is 15.4. The van der Waals surface area contributed by atoms with Gasteiger partial charge in [-0.3, -0.25) is 9.59 Å². The lowest BCUT2D eigenvalue weighted by Crippen LogP contribution is -2.43. The Morgan fingerprint density at radius 1 is 1.24 bits per heavy atom. The Morgan fingerprint density at radius 2 is 1.90 bits per heavy atom. The van der Waals surface area contributed by atoms with Gasteiger partial charge in [0.2, 0.25) is 0 Å². The average Bonchev–Trinajstić information content (AvgIpc) is 2.49. The van der Waals surface area contributed by atoms with Crippen LogP contribution in [0.1, 0.15) is 43.5 Å². The van der Waals surface area contributed by atoms with E-state index in [1.807, 2.05) is 0 Å². The summed E-state index contributed by atoms with van der Waals surface area (Å²) < 4.78 is 18.8. The molecule has 1 amide bonds. The number of benzene rings is 1. The molecule has 21 heavy (non-hydrogen) atoms. The normalized spacial score (nSPS) is 16.4. The zero-order valence-corrected chi connectivity index (χ0v) is 12.4. The van der Waals surface area contributed by atoms with E-state index in [0.717, 1.165) is 38.4 Å². The van der Waals surface area contributed by atoms with E-state index in [0.29, 0.717) is 0 Å². The Bertz CT molecular complexity index is 538. The number of rotatable bonds is 4. The van der Waals surface area contributed by atoms with Gasteiger partial charge in [-0.15, -0.1) is 0 Å². The van der Waals surface area contributed by atoms with Crippen molar-refractivity contribution in [3.63, 3.8) is 0 Å². The highest BCUT2D eigenvalue weighted by atomic mass is 19.1. The van der Waals surface area contributed by atoms with Gasteiger partial charge >= 0.3 is 0 Å². The maximum Gasteiger partial charge on any atom is 0.263 e. The number of ether oxygens (including phenoxy) is 1. The second-order valence-corrected chi connectivity index (χ2v) is 5.34. The Labute approximate surface area is 123 Å². The average molecular weight is 293 g/mol. The summed E-state index contributed by atoms with van der Waals surface area (Å²) in [5.74, 6) is -0.625. The van der Waals surface area contributed by atoms with Gasteiger partial charge in [-0.1, -0.05) is 0 Å². The molecule has 114 valence electrons. The highest BCUT2D eigenvalue weighted by Crippen LogP contribution is 2.22. The van der Waals surface area contributed by atoms with Crippen LogP contribution in [0.25, 0.3) is 0 Å². The molecule has 5 heteroatoms. The predicted molar refractivity (Wildman–Crippen MR) is 76.9 cm³/mol. The van der Waals surface area contributed by atoms with Crippen LogP contribution in [0, 0.1) is 5.82 Å². The number of nitrogens with zero attached hydrogens (tertiary/aromatic N) is 1. The molecule has 2 rings (SSSR count). The number of carbonyl (C=O) groups excluding carboxylic acids is 2. The summed E-state index contributed by atoms with van der Waals surface area (Å²) in [4.78, 5) is 25.6. The van der Waals surface area contributed by atoms with Gasteiger partial charge in [-0.05, 0) is 51.3 Å². The molecule has 4 nitrogen and oxygen atoms in total. The van der Waals surface area contributed by atoms with Crippen molar-refractivity contribution >= 4 is 11.7 Å². The number of likely N-dealkylation sites (tertiary alicyclic amines) is 1. The van der Waals surface area contributed by atoms with E-state index >= 15 is 0 Å². The molecule has 1 atom stereocenters. The first-order valence-electron chi connectivity index (χ1n) is 7.25. The van der Waals surface area contributed by atoms with Crippen LogP contribution in [-0.4, -0.2) is 35.8 Å². The van der Waals surface area contributed by atoms with Crippen molar-refractivity contribution in [1.29, 1.82) is 0 Å². The first-order chi connectivity index (χ1) is 9.99. The Kier molecular flexibility index (Phi) is 4.94. The molecule has 0 aromatic heterocycles. The van der Waals surface area contributed by atoms with Crippen LogP contribution < -0.4 is 4.74 Å². The SMILES string of the molecule is CC(=O)c1cc(F)ccc1OC(C)C(=O)N1CCCCC1. The van der Waals surface area contributed by atoms with Crippen molar-refractivity contribution in [3.8, 4) is 5.75 Å². The summed E-state index contributed by atoms with van der Waals surface area (Å²) >= 11 is 0. The number of piperidine rings is 1. The summed E-state index contributed by atoms with van der Waals surface area (Å²) in [5, 5.41) is 0. The third kappa shape index (κ3) is 3.80. The molecule has 0 N–H and O–H groups in total. The van der Waals surface area contributed by atoms with Gasteiger partial charge in [0.05, 0.1) is 5.56 Å². The van der Waals surface area contributed by atoms with Crippen molar-refractivity contribution in [2.24, 2.45) is 0 Å². The first-order valence-corrected chi connectivity index (χ1v) is 7.25. The summed E-state index contributed by atoms with van der Waals surface area (Å²) in [6.07, 6.45) is 2.47. The van der Waals surface area contributed by atoms with E-state index in [1.54, 1.807) is 11.8 Å². The van der Waals surface area contributed by atoms with Crippen LogP contribution in [0.5, 0.6) is 5.75 Å². The van der Waals surface area contributed by atoms with Gasteiger partial charge in [-0.2, -0.15) is 0 Å². The summed E-state index contributed by atoms with van der Waals surface area (Å²) in [6.45, 7) is 4.49. The minimum absolute atomic E-state index is 0.0893. The maximum absolute atomic E-state index is 13.2. The monoisotopic (exact) mass is 293 g/mol. The lowest BCUT2D eigenvalue weighted by molar-refractivity contribution is -0.138. The van der Waals surface area contributed by atoms with Crippen LogP contribution in [0.15, 0.2) is 18.2 Å². The summed E-state index contributed by atoms with van der Waals surface area (Å²) in [5.41, 5.74) is 0.160. The molecule has 1 aliphatic heterocycles. The number of carbonyl (C=O) groups is 2. The number of ketones is 1. The second-order valence-electron chi connectivity index (χ2n) is 5.34. The molecule has 0 spiro atoms. The van der Waals surface area contributed by atoms with E-state index in [-0.39, 0.29) is 23.0 Å². The molecule has 1 fully saturated rings. The molecule has 1 unspecified atom stereocenters. The van der Waals surface area contributed by atoms with Crippen molar-refractivity contribution in [1.82, 2.24) is 4.90 Å². The number of halogens is 1. The lowest BCUT2D eigenvalue weighted by Gasteiger charge is -2.29. The van der Waals surface area contributed by atoms with Gasteiger partial charge < -0.3 is 9.64 Å². The van der Waals surface area contributed by atoms with Gasteiger partial charge in [-0.25, -0.2) is 4.39 Å². The molecule has 1 aliphatic rings. The van der Waals surface area contributed by atoms with Crippen LogP contribution in [0.3, 0.4) is 0 Å². The van der Waals surface area contributed by atoms with Crippen molar-refractivity contribution < 1.29 is 18.7 Å². The van der Waals surface area contributed by atoms with Gasteiger partial charge in [0.25, 0.3) is 5.91 Å². The number of Topliss-reactive ketones (excluding diaryl/α,β-unsaturated/α-hetero) is 1. The fraction of sp³-hybridized carbons (Fsp3) is 0.500. The van der Waals surface area contributed by atoms with Crippen molar-refractivity contribution in [2.45, 2.75) is 39.2 Å². The number of hydrogen-bond acceptors (Lipinski definition) is 3. The topological polar surface area (TPSA) is 46.6 Å². The molecule has 0 aliphatic carbocycles. The van der Waals surface area contributed by atoms with E-state index in [2.05, 4.69) is 0 Å². The lowest BCUT2D eigenvalue weighted by atomic mass is 10.1. The molecule has 0 radical (unpaired) electrons.